The van der Waals surface area contributed by atoms with E-state index in [9.17, 15) is 9.59 Å². The summed E-state index contributed by atoms with van der Waals surface area (Å²) < 4.78 is 7.05. The molecule has 1 fully saturated rings. The van der Waals surface area contributed by atoms with Crippen LogP contribution in [0.3, 0.4) is 0 Å². The van der Waals surface area contributed by atoms with Gasteiger partial charge in [0.1, 0.15) is 5.75 Å². The molecular weight excluding hydrogens is 368 g/mol. The Labute approximate surface area is 169 Å². The molecule has 0 spiro atoms. The van der Waals surface area contributed by atoms with E-state index in [4.69, 9.17) is 4.74 Å². The molecule has 29 heavy (non-hydrogen) atoms. The van der Waals surface area contributed by atoms with Crippen LogP contribution in [0.1, 0.15) is 16.1 Å². The Kier molecular flexibility index (Phi) is 4.96. The fourth-order valence-corrected chi connectivity index (χ4v) is 3.82. The lowest BCUT2D eigenvalue weighted by Gasteiger charge is -2.36. The Balaban J connectivity index is 1.57. The van der Waals surface area contributed by atoms with Gasteiger partial charge in [0.25, 0.3) is 5.91 Å². The van der Waals surface area contributed by atoms with E-state index in [1.54, 1.807) is 23.7 Å². The van der Waals surface area contributed by atoms with Crippen LogP contribution in [-0.2, 0) is 7.05 Å². The number of hydrogen-bond acceptors (Lipinski definition) is 5. The number of anilines is 1. The Bertz CT molecular complexity index is 1130. The molecule has 150 valence electrons. The van der Waals surface area contributed by atoms with Crippen molar-refractivity contribution < 1.29 is 9.53 Å². The monoisotopic (exact) mass is 392 g/mol. The minimum absolute atomic E-state index is 0.0173. The second-order valence-corrected chi connectivity index (χ2v) is 7.27. The fourth-order valence-electron chi connectivity index (χ4n) is 3.82. The number of methoxy groups -OCH3 is 1. The summed E-state index contributed by atoms with van der Waals surface area (Å²) in [6, 6.07) is 13.5. The van der Waals surface area contributed by atoms with Gasteiger partial charge in [0.05, 0.1) is 23.7 Å². The topological polar surface area (TPSA) is 67.7 Å². The zero-order valence-corrected chi connectivity index (χ0v) is 16.9. The number of fused-ring (bicyclic) bond motifs is 1. The van der Waals surface area contributed by atoms with Gasteiger partial charge in [0.2, 0.25) is 5.43 Å². The number of benzene rings is 2. The maximum absolute atomic E-state index is 13.1. The number of carbonyl (C=O) groups excluding carboxylic acids is 1. The predicted molar refractivity (Wildman–Crippen MR) is 113 cm³/mol. The molecule has 1 aliphatic rings. The molecule has 1 aliphatic heterocycles. The van der Waals surface area contributed by atoms with E-state index in [0.717, 1.165) is 22.5 Å². The van der Waals surface area contributed by atoms with Crippen molar-refractivity contribution in [3.8, 4) is 5.75 Å². The Morgan fingerprint density at radius 3 is 2.52 bits per heavy atom. The second kappa shape index (κ2) is 7.58. The lowest BCUT2D eigenvalue weighted by molar-refractivity contribution is 0.0737. The van der Waals surface area contributed by atoms with Gasteiger partial charge in [0.15, 0.2) is 5.69 Å². The number of amides is 1. The van der Waals surface area contributed by atoms with Crippen LogP contribution in [0.2, 0.25) is 0 Å². The van der Waals surface area contributed by atoms with Crippen molar-refractivity contribution in [2.24, 2.45) is 7.05 Å². The standard InChI is InChI=1S/C22H24N4O3/c1-15-8-9-17-16(14-15)21(27)20(23-24(17)2)22(28)26-12-10-25(11-13-26)18-6-4-5-7-19(18)29-3/h4-9,14H,10-13H2,1-3H3. The molecule has 1 saturated heterocycles. The smallest absolute Gasteiger partial charge is 0.278 e. The average Bonchev–Trinajstić information content (AvgIpc) is 2.75. The third kappa shape index (κ3) is 3.44. The van der Waals surface area contributed by atoms with Crippen molar-refractivity contribution in [2.75, 3.05) is 38.2 Å². The summed E-state index contributed by atoms with van der Waals surface area (Å²) in [5, 5.41) is 4.82. The summed E-state index contributed by atoms with van der Waals surface area (Å²) in [7, 11) is 3.41. The van der Waals surface area contributed by atoms with E-state index in [0.29, 0.717) is 31.6 Å². The summed E-state index contributed by atoms with van der Waals surface area (Å²) >= 11 is 0. The van der Waals surface area contributed by atoms with Crippen molar-refractivity contribution in [3.63, 3.8) is 0 Å². The van der Waals surface area contributed by atoms with E-state index in [1.807, 2.05) is 49.4 Å². The van der Waals surface area contributed by atoms with E-state index in [2.05, 4.69) is 10.00 Å². The Hall–Kier alpha value is -3.35. The van der Waals surface area contributed by atoms with Crippen LogP contribution >= 0.6 is 0 Å². The molecule has 0 radical (unpaired) electrons. The second-order valence-electron chi connectivity index (χ2n) is 7.27. The highest BCUT2D eigenvalue weighted by Crippen LogP contribution is 2.28. The highest BCUT2D eigenvalue weighted by atomic mass is 16.5. The molecule has 2 aromatic carbocycles. The zero-order chi connectivity index (χ0) is 20.5. The average molecular weight is 392 g/mol. The van der Waals surface area contributed by atoms with Crippen LogP contribution in [0.4, 0.5) is 5.69 Å². The molecule has 0 aliphatic carbocycles. The van der Waals surface area contributed by atoms with Gasteiger partial charge < -0.3 is 14.5 Å². The SMILES string of the molecule is COc1ccccc1N1CCN(C(=O)c2nn(C)c3ccc(C)cc3c2=O)CC1. The van der Waals surface area contributed by atoms with Crippen LogP contribution in [0.25, 0.3) is 10.9 Å². The molecule has 0 N–H and O–H groups in total. The zero-order valence-electron chi connectivity index (χ0n) is 16.9. The van der Waals surface area contributed by atoms with Gasteiger partial charge in [-0.2, -0.15) is 5.10 Å². The van der Waals surface area contributed by atoms with Crippen LogP contribution in [0.5, 0.6) is 5.75 Å². The summed E-state index contributed by atoms with van der Waals surface area (Å²) in [6.07, 6.45) is 0. The molecule has 0 unspecified atom stereocenters. The first kappa shape index (κ1) is 19.0. The molecule has 2 heterocycles. The van der Waals surface area contributed by atoms with Crippen molar-refractivity contribution in [2.45, 2.75) is 6.92 Å². The number of aryl methyl sites for hydroxylation is 2. The first-order valence-corrected chi connectivity index (χ1v) is 9.64. The normalized spacial score (nSPS) is 14.3. The Morgan fingerprint density at radius 2 is 1.79 bits per heavy atom. The maximum atomic E-state index is 13.1. The van der Waals surface area contributed by atoms with Gasteiger partial charge in [-0.05, 0) is 31.2 Å². The maximum Gasteiger partial charge on any atom is 0.278 e. The number of aromatic nitrogens is 2. The largest absolute Gasteiger partial charge is 0.495 e. The minimum Gasteiger partial charge on any atom is -0.495 e. The first-order valence-electron chi connectivity index (χ1n) is 9.64. The number of piperazine rings is 1. The van der Waals surface area contributed by atoms with Crippen LogP contribution in [-0.4, -0.2) is 53.9 Å². The number of para-hydroxylation sites is 2. The summed E-state index contributed by atoms with van der Waals surface area (Å²) in [4.78, 5) is 29.9. The molecule has 1 aromatic heterocycles. The number of hydrogen-bond donors (Lipinski definition) is 0. The third-order valence-electron chi connectivity index (χ3n) is 5.41. The van der Waals surface area contributed by atoms with E-state index >= 15 is 0 Å². The summed E-state index contributed by atoms with van der Waals surface area (Å²) in [6.45, 7) is 4.30. The molecular formula is C22H24N4O3. The van der Waals surface area contributed by atoms with Crippen LogP contribution in [0.15, 0.2) is 47.3 Å². The van der Waals surface area contributed by atoms with Crippen molar-refractivity contribution in [3.05, 3.63) is 63.9 Å². The summed E-state index contributed by atoms with van der Waals surface area (Å²) in [5.41, 5.74) is 2.38. The molecule has 7 nitrogen and oxygen atoms in total. The minimum atomic E-state index is -0.311. The molecule has 7 heteroatoms. The van der Waals surface area contributed by atoms with Crippen LogP contribution in [0, 0.1) is 6.92 Å². The van der Waals surface area contributed by atoms with Gasteiger partial charge in [-0.3, -0.25) is 14.3 Å². The molecule has 3 aromatic rings. The van der Waals surface area contributed by atoms with Crippen LogP contribution < -0.4 is 15.1 Å². The van der Waals surface area contributed by atoms with Gasteiger partial charge in [0, 0.05) is 33.2 Å². The van der Waals surface area contributed by atoms with Gasteiger partial charge >= 0.3 is 0 Å². The van der Waals surface area contributed by atoms with Gasteiger partial charge in [-0.25, -0.2) is 0 Å². The molecule has 0 bridgehead atoms. The summed E-state index contributed by atoms with van der Waals surface area (Å²) in [5.74, 6) is 0.501. The number of rotatable bonds is 3. The first-order chi connectivity index (χ1) is 14.0. The van der Waals surface area contributed by atoms with E-state index in [-0.39, 0.29) is 17.0 Å². The van der Waals surface area contributed by atoms with E-state index in [1.165, 1.54) is 0 Å². The number of ether oxygens (including phenoxy) is 1. The fraction of sp³-hybridized carbons (Fsp3) is 0.318. The lowest BCUT2D eigenvalue weighted by atomic mass is 10.1. The predicted octanol–water partition coefficient (Wildman–Crippen LogP) is 2.21. The van der Waals surface area contributed by atoms with E-state index < -0.39 is 0 Å². The highest BCUT2D eigenvalue weighted by Gasteiger charge is 2.27. The lowest BCUT2D eigenvalue weighted by Crippen LogP contribution is -2.50. The molecule has 0 atom stereocenters. The van der Waals surface area contributed by atoms with Crippen molar-refractivity contribution in [1.82, 2.24) is 14.7 Å². The third-order valence-corrected chi connectivity index (χ3v) is 5.41. The van der Waals surface area contributed by atoms with Gasteiger partial charge in [-0.15, -0.1) is 0 Å². The highest BCUT2D eigenvalue weighted by molar-refractivity contribution is 5.95. The molecule has 1 amide bonds. The quantitative estimate of drug-likeness (QED) is 0.684. The Morgan fingerprint density at radius 1 is 1.07 bits per heavy atom. The van der Waals surface area contributed by atoms with Gasteiger partial charge in [-0.1, -0.05) is 23.8 Å². The molecule has 4 rings (SSSR count). The van der Waals surface area contributed by atoms with Crippen molar-refractivity contribution >= 4 is 22.5 Å². The number of carbonyl (C=O) groups is 1. The number of nitrogens with zero attached hydrogens (tertiary/aromatic N) is 4. The van der Waals surface area contributed by atoms with Crippen molar-refractivity contribution in [1.29, 1.82) is 0 Å². The molecule has 0 saturated carbocycles.